The molecule has 84 valence electrons. The number of H-pyrrole nitrogens is 1. The first-order valence-corrected chi connectivity index (χ1v) is 5.68. The van der Waals surface area contributed by atoms with Crippen LogP contribution >= 0.6 is 0 Å². The Labute approximate surface area is 90.9 Å². The molecule has 0 amide bonds. The van der Waals surface area contributed by atoms with Gasteiger partial charge in [0, 0.05) is 5.69 Å². The first-order valence-electron chi connectivity index (χ1n) is 5.68. The van der Waals surface area contributed by atoms with Crippen molar-refractivity contribution in [2.24, 2.45) is 11.3 Å². The molecule has 1 atom stereocenters. The molecule has 1 unspecified atom stereocenters. The van der Waals surface area contributed by atoms with E-state index >= 15 is 0 Å². The second-order valence-electron chi connectivity index (χ2n) is 5.59. The Hall–Kier alpha value is -0.830. The summed E-state index contributed by atoms with van der Waals surface area (Å²) in [5, 5.41) is 16.4. The van der Waals surface area contributed by atoms with Gasteiger partial charge in [-0.15, -0.1) is 0 Å². The highest BCUT2D eigenvalue weighted by Gasteiger charge is 2.30. The maximum Gasteiger partial charge on any atom is 0.0911 e. The quantitative estimate of drug-likeness (QED) is 0.742. The van der Waals surface area contributed by atoms with Crippen molar-refractivity contribution < 1.29 is 5.11 Å². The predicted octanol–water partition coefficient (Wildman–Crippen LogP) is 2.05. The van der Waals surface area contributed by atoms with Crippen LogP contribution in [0, 0.1) is 11.3 Å². The Morgan fingerprint density at radius 1 is 1.47 bits per heavy atom. The topological polar surface area (TPSA) is 48.9 Å². The number of aliphatic hydroxyl groups is 1. The summed E-state index contributed by atoms with van der Waals surface area (Å²) in [6, 6.07) is 0. The maximum absolute atomic E-state index is 9.19. The number of hydrogen-bond acceptors (Lipinski definition) is 2. The van der Waals surface area contributed by atoms with Crippen LogP contribution in [0.3, 0.4) is 0 Å². The molecule has 0 saturated carbocycles. The van der Waals surface area contributed by atoms with E-state index in [9.17, 15) is 5.11 Å². The van der Waals surface area contributed by atoms with Gasteiger partial charge in [-0.1, -0.05) is 20.8 Å². The number of fused-ring (bicyclic) bond motifs is 1. The molecule has 1 aliphatic carbocycles. The molecule has 15 heavy (non-hydrogen) atoms. The third-order valence-corrected chi connectivity index (χ3v) is 3.61. The summed E-state index contributed by atoms with van der Waals surface area (Å²) >= 11 is 0. The lowest BCUT2D eigenvalue weighted by Crippen LogP contribution is -2.27. The van der Waals surface area contributed by atoms with Gasteiger partial charge in [0.25, 0.3) is 0 Å². The van der Waals surface area contributed by atoms with E-state index in [1.165, 1.54) is 17.7 Å². The molecular formula is C12H20N2O. The Morgan fingerprint density at radius 2 is 2.20 bits per heavy atom. The maximum atomic E-state index is 9.19. The third kappa shape index (κ3) is 1.93. The molecule has 0 aromatic carbocycles. The summed E-state index contributed by atoms with van der Waals surface area (Å²) in [6.45, 7) is 6.94. The molecule has 1 heterocycles. The number of rotatable bonds is 1. The highest BCUT2D eigenvalue weighted by atomic mass is 16.3. The summed E-state index contributed by atoms with van der Waals surface area (Å²) in [4.78, 5) is 0. The highest BCUT2D eigenvalue weighted by Crippen LogP contribution is 2.37. The van der Waals surface area contributed by atoms with E-state index < -0.39 is 0 Å². The fraction of sp³-hybridized carbons (Fsp3) is 0.750. The second kappa shape index (κ2) is 3.63. The van der Waals surface area contributed by atoms with Crippen LogP contribution in [0.1, 0.15) is 44.1 Å². The molecule has 3 heteroatoms. The van der Waals surface area contributed by atoms with Crippen LogP contribution in [0.25, 0.3) is 0 Å². The SMILES string of the molecule is CC(C)(C)C1CCc2[nH]nc(CO)c2C1. The fourth-order valence-electron chi connectivity index (χ4n) is 2.43. The van der Waals surface area contributed by atoms with Gasteiger partial charge in [-0.25, -0.2) is 0 Å². The molecule has 1 aliphatic rings. The van der Waals surface area contributed by atoms with Crippen molar-refractivity contribution in [3.63, 3.8) is 0 Å². The van der Waals surface area contributed by atoms with Crippen molar-refractivity contribution in [3.05, 3.63) is 17.0 Å². The molecule has 0 bridgehead atoms. The van der Waals surface area contributed by atoms with Gasteiger partial charge < -0.3 is 5.11 Å². The zero-order valence-electron chi connectivity index (χ0n) is 9.80. The van der Waals surface area contributed by atoms with Crippen molar-refractivity contribution >= 4 is 0 Å². The van der Waals surface area contributed by atoms with Crippen molar-refractivity contribution in [2.45, 2.75) is 46.6 Å². The lowest BCUT2D eigenvalue weighted by Gasteiger charge is -2.33. The van der Waals surface area contributed by atoms with E-state index in [1.54, 1.807) is 0 Å². The number of aromatic amines is 1. The van der Waals surface area contributed by atoms with Crippen molar-refractivity contribution in [1.29, 1.82) is 0 Å². The molecule has 2 rings (SSSR count). The van der Waals surface area contributed by atoms with Crippen LogP contribution in [0.2, 0.25) is 0 Å². The van der Waals surface area contributed by atoms with Gasteiger partial charge in [0.2, 0.25) is 0 Å². The number of nitrogens with one attached hydrogen (secondary N) is 1. The van der Waals surface area contributed by atoms with Gasteiger partial charge in [-0.05, 0) is 36.2 Å². The van der Waals surface area contributed by atoms with Gasteiger partial charge in [0.15, 0.2) is 0 Å². The molecule has 0 fully saturated rings. The lowest BCUT2D eigenvalue weighted by molar-refractivity contribution is 0.213. The van der Waals surface area contributed by atoms with Gasteiger partial charge >= 0.3 is 0 Å². The van der Waals surface area contributed by atoms with Crippen LogP contribution in [0.5, 0.6) is 0 Å². The zero-order valence-corrected chi connectivity index (χ0v) is 9.80. The predicted molar refractivity (Wildman–Crippen MR) is 59.5 cm³/mol. The van der Waals surface area contributed by atoms with Gasteiger partial charge in [0.05, 0.1) is 12.3 Å². The minimum atomic E-state index is 0.0582. The van der Waals surface area contributed by atoms with Crippen LogP contribution in [-0.4, -0.2) is 15.3 Å². The second-order valence-corrected chi connectivity index (χ2v) is 5.59. The molecule has 0 saturated heterocycles. The Balaban J connectivity index is 2.25. The smallest absolute Gasteiger partial charge is 0.0911 e. The fourth-order valence-corrected chi connectivity index (χ4v) is 2.43. The molecule has 2 N–H and O–H groups in total. The Morgan fingerprint density at radius 3 is 2.80 bits per heavy atom. The normalized spacial score (nSPS) is 21.5. The average molecular weight is 208 g/mol. The lowest BCUT2D eigenvalue weighted by atomic mass is 9.71. The summed E-state index contributed by atoms with van der Waals surface area (Å²) in [7, 11) is 0. The van der Waals surface area contributed by atoms with Crippen LogP contribution in [0.15, 0.2) is 0 Å². The summed E-state index contributed by atoms with van der Waals surface area (Å²) in [5.74, 6) is 0.702. The minimum Gasteiger partial charge on any atom is -0.390 e. The van der Waals surface area contributed by atoms with E-state index in [-0.39, 0.29) is 6.61 Å². The number of aliphatic hydroxyl groups excluding tert-OH is 1. The standard InChI is InChI=1S/C12H20N2O/c1-12(2,3)8-4-5-10-9(6-8)11(7-15)14-13-10/h8,15H,4-7H2,1-3H3,(H,13,14). The van der Waals surface area contributed by atoms with Crippen molar-refractivity contribution in [1.82, 2.24) is 10.2 Å². The highest BCUT2D eigenvalue weighted by molar-refractivity contribution is 5.28. The van der Waals surface area contributed by atoms with E-state index in [0.717, 1.165) is 18.5 Å². The molecule has 1 aromatic rings. The van der Waals surface area contributed by atoms with Gasteiger partial charge in [-0.3, -0.25) is 5.10 Å². The summed E-state index contributed by atoms with van der Waals surface area (Å²) in [5.41, 5.74) is 3.70. The molecule has 3 nitrogen and oxygen atoms in total. The Bertz CT molecular complexity index is 335. The van der Waals surface area contributed by atoms with Gasteiger partial charge in [-0.2, -0.15) is 5.10 Å². The Kier molecular flexibility index (Phi) is 2.59. The third-order valence-electron chi connectivity index (χ3n) is 3.61. The minimum absolute atomic E-state index is 0.0582. The first-order chi connectivity index (χ1) is 7.02. The molecule has 0 aliphatic heterocycles. The summed E-state index contributed by atoms with van der Waals surface area (Å²) in [6.07, 6.45) is 3.36. The first kappa shape index (κ1) is 10.7. The molecule has 0 spiro atoms. The van der Waals surface area contributed by atoms with E-state index in [0.29, 0.717) is 11.3 Å². The van der Waals surface area contributed by atoms with Crippen molar-refractivity contribution in [2.75, 3.05) is 0 Å². The van der Waals surface area contributed by atoms with Crippen molar-refractivity contribution in [3.8, 4) is 0 Å². The number of aromatic nitrogens is 2. The number of aryl methyl sites for hydroxylation is 1. The summed E-state index contributed by atoms with van der Waals surface area (Å²) < 4.78 is 0. The molecular weight excluding hydrogens is 188 g/mol. The molecule has 0 radical (unpaired) electrons. The number of hydrogen-bond donors (Lipinski definition) is 2. The van der Waals surface area contributed by atoms with E-state index in [1.807, 2.05) is 0 Å². The average Bonchev–Trinajstić information content (AvgIpc) is 2.57. The van der Waals surface area contributed by atoms with Gasteiger partial charge in [0.1, 0.15) is 0 Å². The number of nitrogens with zero attached hydrogens (tertiary/aromatic N) is 1. The molecule has 1 aromatic heterocycles. The van der Waals surface area contributed by atoms with E-state index in [2.05, 4.69) is 31.0 Å². The monoisotopic (exact) mass is 208 g/mol. The zero-order chi connectivity index (χ0) is 11.1. The van der Waals surface area contributed by atoms with Crippen LogP contribution in [0.4, 0.5) is 0 Å². The van der Waals surface area contributed by atoms with E-state index in [4.69, 9.17) is 0 Å². The van der Waals surface area contributed by atoms with Crippen LogP contribution < -0.4 is 0 Å². The van der Waals surface area contributed by atoms with Crippen LogP contribution in [-0.2, 0) is 19.4 Å². The largest absolute Gasteiger partial charge is 0.390 e.